The van der Waals surface area contributed by atoms with Crippen LogP contribution in [0.3, 0.4) is 0 Å². The van der Waals surface area contributed by atoms with Gasteiger partial charge in [-0.3, -0.25) is 9.36 Å². The predicted octanol–water partition coefficient (Wildman–Crippen LogP) is 3.26. The van der Waals surface area contributed by atoms with Crippen molar-refractivity contribution in [2.75, 3.05) is 20.0 Å². The van der Waals surface area contributed by atoms with Crippen LogP contribution in [0.1, 0.15) is 11.4 Å². The first-order valence-electron chi connectivity index (χ1n) is 8.32. The number of hydrogen-bond acceptors (Lipinski definition) is 5. The van der Waals surface area contributed by atoms with Gasteiger partial charge >= 0.3 is 6.18 Å². The number of nitrogens with zero attached hydrogens (tertiary/aromatic N) is 2. The van der Waals surface area contributed by atoms with Gasteiger partial charge in [-0.25, -0.2) is 4.98 Å². The van der Waals surface area contributed by atoms with Crippen molar-refractivity contribution in [1.29, 1.82) is 0 Å². The average Bonchev–Trinajstić information content (AvgIpc) is 2.66. The molecule has 0 fully saturated rings. The summed E-state index contributed by atoms with van der Waals surface area (Å²) in [4.78, 5) is 16.4. The van der Waals surface area contributed by atoms with Crippen LogP contribution in [0.5, 0.6) is 11.5 Å². The minimum absolute atomic E-state index is 0.0420. The van der Waals surface area contributed by atoms with Crippen molar-refractivity contribution in [2.24, 2.45) is 0 Å². The molecule has 1 heterocycles. The van der Waals surface area contributed by atoms with E-state index in [1.165, 1.54) is 32.4 Å². The Morgan fingerprint density at radius 1 is 1.07 bits per heavy atom. The van der Waals surface area contributed by atoms with Gasteiger partial charge < -0.3 is 15.2 Å². The maximum Gasteiger partial charge on any atom is 0.449 e. The second-order valence-corrected chi connectivity index (χ2v) is 6.11. The molecule has 28 heavy (non-hydrogen) atoms. The highest BCUT2D eigenvalue weighted by molar-refractivity contribution is 5.81. The van der Waals surface area contributed by atoms with E-state index in [1.807, 2.05) is 0 Å². The third-order valence-electron chi connectivity index (χ3n) is 4.30. The van der Waals surface area contributed by atoms with Crippen LogP contribution in [0.2, 0.25) is 0 Å². The molecular weight excluding hydrogens is 375 g/mol. The summed E-state index contributed by atoms with van der Waals surface area (Å²) in [7, 11) is 2.95. The number of anilines is 1. The molecule has 3 rings (SSSR count). The number of nitrogen functional groups attached to an aromatic ring is 1. The molecule has 0 unspecified atom stereocenters. The summed E-state index contributed by atoms with van der Waals surface area (Å²) in [6.07, 6.45) is -4.61. The number of fused-ring (bicyclic) bond motifs is 1. The van der Waals surface area contributed by atoms with Crippen molar-refractivity contribution in [1.82, 2.24) is 9.55 Å². The number of rotatable bonds is 5. The SMILES string of the molecule is COc1ccc(CCn2c(C(F)(F)F)nc3ccc(N)cc3c2=O)cc1OC. The smallest absolute Gasteiger partial charge is 0.449 e. The van der Waals surface area contributed by atoms with Crippen molar-refractivity contribution >= 4 is 16.6 Å². The van der Waals surface area contributed by atoms with Crippen molar-refractivity contribution in [3.63, 3.8) is 0 Å². The molecule has 0 spiro atoms. The molecule has 0 aliphatic rings. The Labute approximate surface area is 158 Å². The Bertz CT molecular complexity index is 1080. The third kappa shape index (κ3) is 3.73. The largest absolute Gasteiger partial charge is 0.493 e. The molecule has 0 bridgehead atoms. The molecule has 0 radical (unpaired) electrons. The number of aromatic nitrogens is 2. The molecule has 3 aromatic rings. The van der Waals surface area contributed by atoms with Crippen LogP contribution in [0, 0.1) is 0 Å². The van der Waals surface area contributed by atoms with Gasteiger partial charge in [0.2, 0.25) is 5.82 Å². The van der Waals surface area contributed by atoms with Crippen molar-refractivity contribution < 1.29 is 22.6 Å². The van der Waals surface area contributed by atoms with E-state index in [-0.39, 0.29) is 29.6 Å². The molecule has 0 aliphatic heterocycles. The molecule has 6 nitrogen and oxygen atoms in total. The summed E-state index contributed by atoms with van der Waals surface area (Å²) in [5.41, 5.74) is 5.79. The Kier molecular flexibility index (Phi) is 5.17. The monoisotopic (exact) mass is 393 g/mol. The highest BCUT2D eigenvalue weighted by Gasteiger charge is 2.37. The van der Waals surface area contributed by atoms with Crippen LogP contribution in [0.4, 0.5) is 18.9 Å². The second kappa shape index (κ2) is 7.41. The van der Waals surface area contributed by atoms with Gasteiger partial charge in [0.25, 0.3) is 5.56 Å². The molecule has 0 atom stereocenters. The summed E-state index contributed by atoms with van der Waals surface area (Å²) in [6, 6.07) is 9.05. The molecule has 0 amide bonds. The lowest BCUT2D eigenvalue weighted by Gasteiger charge is -2.16. The first kappa shape index (κ1) is 19.5. The third-order valence-corrected chi connectivity index (χ3v) is 4.30. The first-order valence-corrected chi connectivity index (χ1v) is 8.32. The minimum atomic E-state index is -4.77. The standard InChI is InChI=1S/C19H18F3N3O3/c1-27-15-6-3-11(9-16(15)28-2)7-8-25-17(26)13-10-12(23)4-5-14(13)24-18(25)19(20,21)22/h3-6,9-10H,7-8,23H2,1-2H3. The molecule has 2 N–H and O–H groups in total. The molecule has 0 aliphatic carbocycles. The Morgan fingerprint density at radius 2 is 1.79 bits per heavy atom. The number of hydrogen-bond donors (Lipinski definition) is 1. The fourth-order valence-electron chi connectivity index (χ4n) is 2.94. The van der Waals surface area contributed by atoms with Gasteiger partial charge in [0.1, 0.15) is 0 Å². The Balaban J connectivity index is 2.04. The Morgan fingerprint density at radius 3 is 2.43 bits per heavy atom. The van der Waals surface area contributed by atoms with E-state index in [1.54, 1.807) is 18.2 Å². The summed E-state index contributed by atoms with van der Waals surface area (Å²) in [5, 5.41) is 0.0420. The molecule has 0 saturated carbocycles. The lowest BCUT2D eigenvalue weighted by Crippen LogP contribution is -2.30. The summed E-state index contributed by atoms with van der Waals surface area (Å²) in [6.45, 7) is -0.207. The number of aryl methyl sites for hydroxylation is 1. The maximum atomic E-state index is 13.5. The van der Waals surface area contributed by atoms with Crippen molar-refractivity contribution in [2.45, 2.75) is 19.1 Å². The topological polar surface area (TPSA) is 79.4 Å². The normalized spacial score (nSPS) is 11.6. The fraction of sp³-hybridized carbons (Fsp3) is 0.263. The highest BCUT2D eigenvalue weighted by Crippen LogP contribution is 2.30. The number of alkyl halides is 3. The fourth-order valence-corrected chi connectivity index (χ4v) is 2.94. The number of ether oxygens (including phenoxy) is 2. The van der Waals surface area contributed by atoms with Crippen molar-refractivity contribution in [3.05, 3.63) is 58.1 Å². The molecular formula is C19H18F3N3O3. The van der Waals surface area contributed by atoms with Crippen LogP contribution in [0.15, 0.2) is 41.2 Å². The molecule has 148 valence electrons. The number of methoxy groups -OCH3 is 2. The minimum Gasteiger partial charge on any atom is -0.493 e. The van der Waals surface area contributed by atoms with Gasteiger partial charge in [-0.15, -0.1) is 0 Å². The van der Waals surface area contributed by atoms with Crippen LogP contribution in [-0.4, -0.2) is 23.8 Å². The van der Waals surface area contributed by atoms with E-state index in [4.69, 9.17) is 15.2 Å². The van der Waals surface area contributed by atoms with Crippen LogP contribution in [0.25, 0.3) is 10.9 Å². The zero-order chi connectivity index (χ0) is 20.5. The van der Waals surface area contributed by atoms with Gasteiger partial charge in [-0.1, -0.05) is 6.07 Å². The zero-order valence-corrected chi connectivity index (χ0v) is 15.2. The molecule has 0 saturated heterocycles. The summed E-state index contributed by atoms with van der Waals surface area (Å²) >= 11 is 0. The quantitative estimate of drug-likeness (QED) is 0.673. The van der Waals surface area contributed by atoms with E-state index < -0.39 is 17.6 Å². The summed E-state index contributed by atoms with van der Waals surface area (Å²) < 4.78 is 51.5. The van der Waals surface area contributed by atoms with Gasteiger partial charge in [0, 0.05) is 12.2 Å². The first-order chi connectivity index (χ1) is 13.2. The maximum absolute atomic E-state index is 13.5. The van der Waals surface area contributed by atoms with Crippen LogP contribution < -0.4 is 20.8 Å². The van der Waals surface area contributed by atoms with Crippen LogP contribution in [-0.2, 0) is 19.1 Å². The van der Waals surface area contributed by atoms with E-state index in [2.05, 4.69) is 4.98 Å². The van der Waals surface area contributed by atoms with Gasteiger partial charge in [-0.2, -0.15) is 13.2 Å². The zero-order valence-electron chi connectivity index (χ0n) is 15.2. The summed E-state index contributed by atoms with van der Waals surface area (Å²) in [5.74, 6) is -0.287. The highest BCUT2D eigenvalue weighted by atomic mass is 19.4. The van der Waals surface area contributed by atoms with Crippen molar-refractivity contribution in [3.8, 4) is 11.5 Å². The molecule has 2 aromatic carbocycles. The number of halogens is 3. The van der Waals surface area contributed by atoms with Gasteiger partial charge in [-0.05, 0) is 42.3 Å². The second-order valence-electron chi connectivity index (χ2n) is 6.11. The van der Waals surface area contributed by atoms with E-state index in [9.17, 15) is 18.0 Å². The lowest BCUT2D eigenvalue weighted by atomic mass is 10.1. The van der Waals surface area contributed by atoms with E-state index >= 15 is 0 Å². The van der Waals surface area contributed by atoms with Gasteiger partial charge in [0.15, 0.2) is 11.5 Å². The lowest BCUT2D eigenvalue weighted by molar-refractivity contribution is -0.148. The van der Waals surface area contributed by atoms with E-state index in [0.29, 0.717) is 21.6 Å². The number of benzene rings is 2. The van der Waals surface area contributed by atoms with Crippen LogP contribution >= 0.6 is 0 Å². The van der Waals surface area contributed by atoms with Gasteiger partial charge in [0.05, 0.1) is 25.1 Å². The molecule has 1 aromatic heterocycles. The number of nitrogens with two attached hydrogens (primary N) is 1. The average molecular weight is 393 g/mol. The molecule has 9 heteroatoms. The Hall–Kier alpha value is -3.23. The predicted molar refractivity (Wildman–Crippen MR) is 98.7 cm³/mol. The van der Waals surface area contributed by atoms with E-state index in [0.717, 1.165) is 0 Å².